The molecule has 0 unspecified atom stereocenters. The van der Waals surface area contributed by atoms with Crippen LogP contribution in [0.4, 0.5) is 0 Å². The second-order valence-corrected chi connectivity index (χ2v) is 5.17. The number of benzene rings is 1. The summed E-state index contributed by atoms with van der Waals surface area (Å²) in [4.78, 5) is 15.9. The highest BCUT2D eigenvalue weighted by Crippen LogP contribution is 2.15. The summed E-state index contributed by atoms with van der Waals surface area (Å²) in [6.07, 6.45) is 1.63. The summed E-state index contributed by atoms with van der Waals surface area (Å²) in [6.45, 7) is -0.00842. The Hall–Kier alpha value is -2.93. The maximum Gasteiger partial charge on any atom is 0.266 e. The summed E-state index contributed by atoms with van der Waals surface area (Å²) in [7, 11) is 0. The van der Waals surface area contributed by atoms with Crippen molar-refractivity contribution in [1.29, 1.82) is 0 Å². The van der Waals surface area contributed by atoms with Crippen molar-refractivity contribution in [2.45, 2.75) is 6.54 Å². The Kier molecular flexibility index (Phi) is 5.02. The van der Waals surface area contributed by atoms with Crippen LogP contribution >= 0.6 is 11.6 Å². The van der Waals surface area contributed by atoms with Crippen molar-refractivity contribution >= 4 is 17.5 Å². The zero-order chi connectivity index (χ0) is 16.8. The summed E-state index contributed by atoms with van der Waals surface area (Å²) >= 11 is 5.78. The first-order chi connectivity index (χ1) is 11.7. The number of pyridine rings is 1. The van der Waals surface area contributed by atoms with Crippen molar-refractivity contribution in [2.24, 2.45) is 0 Å². The van der Waals surface area contributed by atoms with Gasteiger partial charge in [0.2, 0.25) is 5.89 Å². The van der Waals surface area contributed by atoms with Gasteiger partial charge in [-0.3, -0.25) is 9.78 Å². The van der Waals surface area contributed by atoms with E-state index >= 15 is 0 Å². The molecule has 1 amide bonds. The summed E-state index contributed by atoms with van der Waals surface area (Å²) in [5.41, 5.74) is 0.577. The van der Waals surface area contributed by atoms with Crippen LogP contribution < -0.4 is 10.1 Å². The first-order valence-electron chi connectivity index (χ1n) is 7.09. The minimum absolute atomic E-state index is 0.114. The van der Waals surface area contributed by atoms with Gasteiger partial charge in [0.05, 0.1) is 6.54 Å². The second kappa shape index (κ2) is 7.56. The van der Waals surface area contributed by atoms with Gasteiger partial charge in [0.25, 0.3) is 11.8 Å². The Morgan fingerprint density at radius 3 is 2.75 bits per heavy atom. The summed E-state index contributed by atoms with van der Waals surface area (Å²) < 4.78 is 10.8. The Bertz CT molecular complexity index is 806. The van der Waals surface area contributed by atoms with Crippen LogP contribution in [0.25, 0.3) is 11.6 Å². The first-order valence-corrected chi connectivity index (χ1v) is 7.47. The Balaban J connectivity index is 1.48. The van der Waals surface area contributed by atoms with Crippen molar-refractivity contribution in [3.63, 3.8) is 0 Å². The van der Waals surface area contributed by atoms with Crippen molar-refractivity contribution in [3.8, 4) is 17.3 Å². The van der Waals surface area contributed by atoms with Gasteiger partial charge in [-0.05, 0) is 36.4 Å². The molecule has 0 aliphatic rings. The van der Waals surface area contributed by atoms with Gasteiger partial charge in [-0.2, -0.15) is 0 Å². The number of nitrogens with zero attached hydrogens (tertiary/aromatic N) is 3. The molecule has 1 aromatic carbocycles. The number of amides is 1. The normalized spacial score (nSPS) is 10.4. The molecule has 24 heavy (non-hydrogen) atoms. The van der Waals surface area contributed by atoms with E-state index in [1.165, 1.54) is 0 Å². The third kappa shape index (κ3) is 4.30. The molecule has 7 nitrogen and oxygen atoms in total. The van der Waals surface area contributed by atoms with E-state index in [9.17, 15) is 4.79 Å². The largest absolute Gasteiger partial charge is 0.484 e. The third-order valence-corrected chi connectivity index (χ3v) is 3.22. The summed E-state index contributed by atoms with van der Waals surface area (Å²) in [5.74, 6) is 0.847. The molecular weight excluding hydrogens is 332 g/mol. The number of rotatable bonds is 6. The lowest BCUT2D eigenvalue weighted by Gasteiger charge is -2.06. The Labute approximate surface area is 142 Å². The molecule has 2 heterocycles. The number of halogens is 1. The average molecular weight is 345 g/mol. The molecule has 0 radical (unpaired) electrons. The lowest BCUT2D eigenvalue weighted by molar-refractivity contribution is -0.123. The molecule has 3 rings (SSSR count). The zero-order valence-electron chi connectivity index (χ0n) is 12.5. The Morgan fingerprint density at radius 2 is 2.00 bits per heavy atom. The molecule has 122 valence electrons. The topological polar surface area (TPSA) is 90.1 Å². The molecule has 2 aromatic heterocycles. The molecule has 0 saturated carbocycles. The average Bonchev–Trinajstić information content (AvgIpc) is 3.09. The Morgan fingerprint density at radius 1 is 1.17 bits per heavy atom. The molecular formula is C16H13ClN4O3. The van der Waals surface area contributed by atoms with Gasteiger partial charge in [-0.1, -0.05) is 17.7 Å². The SMILES string of the molecule is O=C(COc1ccc(Cl)cc1)NCc1nnc(-c2ccccn2)o1. The smallest absolute Gasteiger partial charge is 0.266 e. The maximum absolute atomic E-state index is 11.8. The van der Waals surface area contributed by atoms with E-state index < -0.39 is 0 Å². The van der Waals surface area contributed by atoms with Gasteiger partial charge in [-0.15, -0.1) is 10.2 Å². The van der Waals surface area contributed by atoms with Gasteiger partial charge in [-0.25, -0.2) is 0 Å². The maximum atomic E-state index is 11.8. The molecule has 1 N–H and O–H groups in total. The van der Waals surface area contributed by atoms with Crippen LogP contribution in [0.3, 0.4) is 0 Å². The van der Waals surface area contributed by atoms with Crippen LogP contribution in [0.2, 0.25) is 5.02 Å². The van der Waals surface area contributed by atoms with Crippen LogP contribution in [0.1, 0.15) is 5.89 Å². The molecule has 0 atom stereocenters. The first kappa shape index (κ1) is 15.9. The lowest BCUT2D eigenvalue weighted by Crippen LogP contribution is -2.28. The lowest BCUT2D eigenvalue weighted by atomic mass is 10.3. The van der Waals surface area contributed by atoms with Gasteiger partial charge >= 0.3 is 0 Å². The van der Waals surface area contributed by atoms with E-state index in [4.69, 9.17) is 20.8 Å². The number of carbonyl (C=O) groups excluding carboxylic acids is 1. The number of hydrogen-bond donors (Lipinski definition) is 1. The van der Waals surface area contributed by atoms with Crippen LogP contribution in [0, 0.1) is 0 Å². The van der Waals surface area contributed by atoms with Gasteiger partial charge < -0.3 is 14.5 Å². The fourth-order valence-corrected chi connectivity index (χ4v) is 1.95. The van der Waals surface area contributed by atoms with E-state index in [2.05, 4.69) is 20.5 Å². The number of hydrogen-bond acceptors (Lipinski definition) is 6. The highest BCUT2D eigenvalue weighted by Gasteiger charge is 2.10. The van der Waals surface area contributed by atoms with E-state index in [1.54, 1.807) is 42.6 Å². The highest BCUT2D eigenvalue weighted by atomic mass is 35.5. The van der Waals surface area contributed by atoms with E-state index in [0.29, 0.717) is 22.4 Å². The number of ether oxygens (including phenoxy) is 1. The predicted octanol–water partition coefficient (Wildman–Crippen LogP) is 2.48. The van der Waals surface area contributed by atoms with Gasteiger partial charge in [0, 0.05) is 11.2 Å². The van der Waals surface area contributed by atoms with Crippen molar-refractivity contribution in [3.05, 3.63) is 59.6 Å². The summed E-state index contributed by atoms with van der Waals surface area (Å²) in [5, 5.41) is 11.0. The minimum Gasteiger partial charge on any atom is -0.484 e. The van der Waals surface area contributed by atoms with Crippen LogP contribution in [0.15, 0.2) is 53.1 Å². The molecule has 0 spiro atoms. The van der Waals surface area contributed by atoms with Crippen molar-refractivity contribution in [1.82, 2.24) is 20.5 Å². The van der Waals surface area contributed by atoms with E-state index in [-0.39, 0.29) is 24.9 Å². The zero-order valence-corrected chi connectivity index (χ0v) is 13.2. The van der Waals surface area contributed by atoms with Crippen molar-refractivity contribution < 1.29 is 13.9 Å². The quantitative estimate of drug-likeness (QED) is 0.738. The van der Waals surface area contributed by atoms with Gasteiger partial charge in [0.15, 0.2) is 6.61 Å². The van der Waals surface area contributed by atoms with E-state index in [0.717, 1.165) is 0 Å². The summed E-state index contributed by atoms with van der Waals surface area (Å²) in [6, 6.07) is 12.1. The van der Waals surface area contributed by atoms with Crippen LogP contribution in [-0.2, 0) is 11.3 Å². The van der Waals surface area contributed by atoms with E-state index in [1.807, 2.05) is 6.07 Å². The van der Waals surface area contributed by atoms with Gasteiger partial charge in [0.1, 0.15) is 11.4 Å². The second-order valence-electron chi connectivity index (χ2n) is 4.74. The predicted molar refractivity (Wildman–Crippen MR) is 86.3 cm³/mol. The number of nitrogens with one attached hydrogen (secondary N) is 1. The molecule has 0 aliphatic heterocycles. The van der Waals surface area contributed by atoms with Crippen LogP contribution in [0.5, 0.6) is 5.75 Å². The molecule has 0 fully saturated rings. The molecule has 3 aromatic rings. The molecule has 8 heteroatoms. The molecule has 0 saturated heterocycles. The number of aromatic nitrogens is 3. The highest BCUT2D eigenvalue weighted by molar-refractivity contribution is 6.30. The third-order valence-electron chi connectivity index (χ3n) is 2.97. The standard InChI is InChI=1S/C16H13ClN4O3/c17-11-4-6-12(7-5-11)23-10-14(22)19-9-15-20-21-16(24-15)13-3-1-2-8-18-13/h1-8H,9-10H2,(H,19,22). The van der Waals surface area contributed by atoms with Crippen LogP contribution in [-0.4, -0.2) is 27.7 Å². The number of carbonyl (C=O) groups is 1. The fourth-order valence-electron chi connectivity index (χ4n) is 1.82. The minimum atomic E-state index is -0.303. The monoisotopic (exact) mass is 344 g/mol. The molecule has 0 bridgehead atoms. The fraction of sp³-hybridized carbons (Fsp3) is 0.125. The van der Waals surface area contributed by atoms with Crippen molar-refractivity contribution in [2.75, 3.05) is 6.61 Å². The molecule has 0 aliphatic carbocycles.